The summed E-state index contributed by atoms with van der Waals surface area (Å²) in [6, 6.07) is 13.2. The average molecular weight is 400 g/mol. The molecule has 5 rings (SSSR count). The fourth-order valence-corrected chi connectivity index (χ4v) is 5.12. The van der Waals surface area contributed by atoms with Gasteiger partial charge in [-0.3, -0.25) is 19.2 Å². The molecule has 0 saturated carbocycles. The first kappa shape index (κ1) is 18.5. The van der Waals surface area contributed by atoms with Gasteiger partial charge in [-0.1, -0.05) is 24.3 Å². The standard InChI is InChI=1S/C24H20N2O4/c1-13(27)15-7-9-17(10-8-15)26-23(29)19-20(24(26)30)22-18-6-4-3-5-16(18)11-12-25(22)21(19)14(2)28/h3-12,19-22H,1-2H3/t19-,20+,21+,22-/m1/s1. The SMILES string of the molecule is CC(=O)c1ccc(N2C(=O)[C@@H]3[C@H](C2=O)[C@H]2c4ccccc4C=CN2[C@H]3C(C)=O)cc1. The molecule has 3 heterocycles. The van der Waals surface area contributed by atoms with E-state index in [9.17, 15) is 19.2 Å². The molecule has 0 aromatic heterocycles. The minimum Gasteiger partial charge on any atom is -0.359 e. The van der Waals surface area contributed by atoms with Crippen LogP contribution in [0.4, 0.5) is 5.69 Å². The molecule has 6 nitrogen and oxygen atoms in total. The first-order valence-corrected chi connectivity index (χ1v) is 9.94. The third-order valence-electron chi connectivity index (χ3n) is 6.41. The lowest BCUT2D eigenvalue weighted by Crippen LogP contribution is -2.43. The Morgan fingerprint density at radius 1 is 0.867 bits per heavy atom. The minimum absolute atomic E-state index is 0.0876. The van der Waals surface area contributed by atoms with Crippen LogP contribution in [0.25, 0.3) is 6.08 Å². The van der Waals surface area contributed by atoms with E-state index >= 15 is 0 Å². The van der Waals surface area contributed by atoms with Crippen molar-refractivity contribution < 1.29 is 19.2 Å². The van der Waals surface area contributed by atoms with Crippen molar-refractivity contribution in [3.63, 3.8) is 0 Å². The normalized spacial score (nSPS) is 26.5. The van der Waals surface area contributed by atoms with Gasteiger partial charge in [0, 0.05) is 11.8 Å². The van der Waals surface area contributed by atoms with Gasteiger partial charge in [0.15, 0.2) is 11.6 Å². The second-order valence-electron chi connectivity index (χ2n) is 8.06. The molecule has 0 bridgehead atoms. The Labute approximate surface area is 173 Å². The molecule has 2 amide bonds. The molecule has 30 heavy (non-hydrogen) atoms. The van der Waals surface area contributed by atoms with E-state index in [2.05, 4.69) is 0 Å². The highest BCUT2D eigenvalue weighted by molar-refractivity contribution is 6.24. The third-order valence-corrected chi connectivity index (χ3v) is 6.41. The van der Waals surface area contributed by atoms with Gasteiger partial charge >= 0.3 is 0 Å². The van der Waals surface area contributed by atoms with Crippen LogP contribution >= 0.6 is 0 Å². The Balaban J connectivity index is 1.60. The zero-order chi connectivity index (χ0) is 21.2. The molecule has 0 radical (unpaired) electrons. The number of anilines is 1. The van der Waals surface area contributed by atoms with Crippen LogP contribution in [0.5, 0.6) is 0 Å². The fraction of sp³-hybridized carbons (Fsp3) is 0.250. The Morgan fingerprint density at radius 3 is 2.20 bits per heavy atom. The van der Waals surface area contributed by atoms with Crippen molar-refractivity contribution in [1.29, 1.82) is 0 Å². The summed E-state index contributed by atoms with van der Waals surface area (Å²) in [5.74, 6) is -2.25. The molecule has 6 heteroatoms. The fourth-order valence-electron chi connectivity index (χ4n) is 5.12. The molecular formula is C24H20N2O4. The molecule has 2 saturated heterocycles. The highest BCUT2D eigenvalue weighted by Crippen LogP contribution is 2.53. The molecule has 0 unspecified atom stereocenters. The van der Waals surface area contributed by atoms with E-state index in [0.717, 1.165) is 11.1 Å². The van der Waals surface area contributed by atoms with Crippen molar-refractivity contribution in [3.05, 3.63) is 71.4 Å². The molecule has 0 N–H and O–H groups in total. The van der Waals surface area contributed by atoms with Crippen molar-refractivity contribution >= 4 is 35.1 Å². The number of carbonyl (C=O) groups excluding carboxylic acids is 4. The first-order valence-electron chi connectivity index (χ1n) is 9.94. The summed E-state index contributed by atoms with van der Waals surface area (Å²) in [5, 5.41) is 0. The van der Waals surface area contributed by atoms with Crippen LogP contribution in [-0.2, 0) is 14.4 Å². The molecule has 2 fully saturated rings. The number of nitrogens with zero attached hydrogens (tertiary/aromatic N) is 2. The molecular weight excluding hydrogens is 380 g/mol. The quantitative estimate of drug-likeness (QED) is 0.585. The van der Waals surface area contributed by atoms with Crippen LogP contribution < -0.4 is 4.90 Å². The number of fused-ring (bicyclic) bond motifs is 5. The average Bonchev–Trinajstić information content (AvgIpc) is 3.21. The van der Waals surface area contributed by atoms with Gasteiger partial charge in [-0.05, 0) is 55.3 Å². The van der Waals surface area contributed by atoms with Gasteiger partial charge in [-0.15, -0.1) is 0 Å². The number of Topliss-reactive ketones (excluding diaryl/α,β-unsaturated/α-hetero) is 2. The molecule has 4 atom stereocenters. The first-order chi connectivity index (χ1) is 14.4. The van der Waals surface area contributed by atoms with E-state index in [0.29, 0.717) is 11.3 Å². The largest absolute Gasteiger partial charge is 0.359 e. The number of amides is 2. The topological polar surface area (TPSA) is 74.8 Å². The van der Waals surface area contributed by atoms with Crippen molar-refractivity contribution in [2.24, 2.45) is 11.8 Å². The number of ketones is 2. The van der Waals surface area contributed by atoms with Crippen LogP contribution in [0, 0.1) is 11.8 Å². The predicted octanol–water partition coefficient (Wildman–Crippen LogP) is 2.99. The van der Waals surface area contributed by atoms with Gasteiger partial charge in [0.1, 0.15) is 0 Å². The van der Waals surface area contributed by atoms with Crippen LogP contribution in [0.15, 0.2) is 54.7 Å². The van der Waals surface area contributed by atoms with Crippen LogP contribution in [0.2, 0.25) is 0 Å². The molecule has 3 aliphatic heterocycles. The van der Waals surface area contributed by atoms with Crippen LogP contribution in [0.1, 0.15) is 41.4 Å². The maximum atomic E-state index is 13.5. The van der Waals surface area contributed by atoms with E-state index < -0.39 is 17.9 Å². The minimum atomic E-state index is -0.733. The van der Waals surface area contributed by atoms with Gasteiger partial charge < -0.3 is 4.90 Å². The number of imide groups is 1. The van der Waals surface area contributed by atoms with Crippen molar-refractivity contribution in [1.82, 2.24) is 4.90 Å². The molecule has 2 aromatic carbocycles. The predicted molar refractivity (Wildman–Crippen MR) is 110 cm³/mol. The molecule has 2 aromatic rings. The Morgan fingerprint density at radius 2 is 1.53 bits per heavy atom. The summed E-state index contributed by atoms with van der Waals surface area (Å²) in [5.41, 5.74) is 2.88. The Kier molecular flexibility index (Phi) is 4.00. The monoisotopic (exact) mass is 400 g/mol. The Hall–Kier alpha value is -3.54. The summed E-state index contributed by atoms with van der Waals surface area (Å²) in [6.45, 7) is 2.94. The van der Waals surface area contributed by atoms with Crippen LogP contribution in [0.3, 0.4) is 0 Å². The van der Waals surface area contributed by atoms with E-state index in [4.69, 9.17) is 0 Å². The number of benzene rings is 2. The van der Waals surface area contributed by atoms with E-state index in [1.807, 2.05) is 41.4 Å². The number of hydrogen-bond donors (Lipinski definition) is 0. The molecule has 150 valence electrons. The van der Waals surface area contributed by atoms with Crippen molar-refractivity contribution in [2.45, 2.75) is 25.9 Å². The third kappa shape index (κ3) is 2.43. The second kappa shape index (κ2) is 6.49. The summed E-state index contributed by atoms with van der Waals surface area (Å²) >= 11 is 0. The van der Waals surface area contributed by atoms with E-state index in [1.54, 1.807) is 24.3 Å². The zero-order valence-electron chi connectivity index (χ0n) is 16.6. The lowest BCUT2D eigenvalue weighted by Gasteiger charge is -2.34. The molecule has 3 aliphatic rings. The van der Waals surface area contributed by atoms with Gasteiger partial charge in [0.2, 0.25) is 11.8 Å². The maximum absolute atomic E-state index is 13.5. The lowest BCUT2D eigenvalue weighted by atomic mass is 9.84. The van der Waals surface area contributed by atoms with Gasteiger partial charge in [0.05, 0.1) is 29.6 Å². The van der Waals surface area contributed by atoms with Gasteiger partial charge in [-0.2, -0.15) is 0 Å². The lowest BCUT2D eigenvalue weighted by molar-refractivity contribution is -0.129. The molecule has 0 spiro atoms. The summed E-state index contributed by atoms with van der Waals surface area (Å²) in [4.78, 5) is 54.2. The number of rotatable bonds is 3. The van der Waals surface area contributed by atoms with Crippen molar-refractivity contribution in [2.75, 3.05) is 4.90 Å². The number of hydrogen-bond acceptors (Lipinski definition) is 5. The smallest absolute Gasteiger partial charge is 0.240 e. The highest BCUT2D eigenvalue weighted by atomic mass is 16.2. The highest BCUT2D eigenvalue weighted by Gasteiger charge is 2.63. The van der Waals surface area contributed by atoms with E-state index in [-0.39, 0.29) is 29.4 Å². The van der Waals surface area contributed by atoms with E-state index in [1.165, 1.54) is 18.7 Å². The zero-order valence-corrected chi connectivity index (χ0v) is 16.6. The second-order valence-corrected chi connectivity index (χ2v) is 8.06. The Bertz CT molecular complexity index is 1130. The number of carbonyl (C=O) groups is 4. The summed E-state index contributed by atoms with van der Waals surface area (Å²) in [6.07, 6.45) is 3.76. The maximum Gasteiger partial charge on any atom is 0.240 e. The van der Waals surface area contributed by atoms with Gasteiger partial charge in [-0.25, -0.2) is 4.90 Å². The summed E-state index contributed by atoms with van der Waals surface area (Å²) < 4.78 is 0. The molecule has 0 aliphatic carbocycles. The summed E-state index contributed by atoms with van der Waals surface area (Å²) in [7, 11) is 0. The van der Waals surface area contributed by atoms with Gasteiger partial charge in [0.25, 0.3) is 0 Å². The van der Waals surface area contributed by atoms with Crippen molar-refractivity contribution in [3.8, 4) is 0 Å². The van der Waals surface area contributed by atoms with Crippen LogP contribution in [-0.4, -0.2) is 34.3 Å².